The quantitative estimate of drug-likeness (QED) is 0.420. The molecule has 9 heteroatoms. The van der Waals surface area contributed by atoms with Gasteiger partial charge in [-0.2, -0.15) is 0 Å². The van der Waals surface area contributed by atoms with E-state index in [-0.39, 0.29) is 5.69 Å². The molecule has 0 spiro atoms. The summed E-state index contributed by atoms with van der Waals surface area (Å²) in [5.74, 6) is 1.52. The van der Waals surface area contributed by atoms with Crippen molar-refractivity contribution in [3.63, 3.8) is 0 Å². The molecule has 1 aliphatic rings. The molecule has 1 amide bonds. The first-order chi connectivity index (χ1) is 15.5. The standard InChI is InChI=1S/C23H20N6O2S/c1-13-4-2-5-16(26-13)20-23(32-22(29-20)14-8-9-14)31-15-10-11-25-19(12-15)28-18-7-3-6-17(27-18)21(24)30/h2-7,10-12,14H,8-9H2,1H3,(H2,24,30)(H,25,27,28). The van der Waals surface area contributed by atoms with Gasteiger partial charge in [-0.15, -0.1) is 0 Å². The van der Waals surface area contributed by atoms with Crippen LogP contribution in [0.4, 0.5) is 11.6 Å². The molecule has 0 radical (unpaired) electrons. The molecule has 4 aromatic rings. The maximum atomic E-state index is 11.4. The first-order valence-electron chi connectivity index (χ1n) is 10.2. The number of nitrogens with zero attached hydrogens (tertiary/aromatic N) is 4. The number of nitrogens with one attached hydrogen (secondary N) is 1. The van der Waals surface area contributed by atoms with E-state index in [0.29, 0.717) is 28.4 Å². The largest absolute Gasteiger partial charge is 0.444 e. The van der Waals surface area contributed by atoms with E-state index in [4.69, 9.17) is 15.5 Å². The van der Waals surface area contributed by atoms with Gasteiger partial charge in [0, 0.05) is 23.9 Å². The highest BCUT2D eigenvalue weighted by atomic mass is 32.1. The first-order valence-corrected chi connectivity index (χ1v) is 11.0. The van der Waals surface area contributed by atoms with Crippen molar-refractivity contribution in [1.29, 1.82) is 0 Å². The molecule has 5 rings (SSSR count). The molecule has 0 atom stereocenters. The van der Waals surface area contributed by atoms with Gasteiger partial charge in [-0.3, -0.25) is 9.78 Å². The van der Waals surface area contributed by atoms with E-state index >= 15 is 0 Å². The maximum Gasteiger partial charge on any atom is 0.267 e. The molecule has 1 fully saturated rings. The third-order valence-corrected chi connectivity index (χ3v) is 5.97. The molecule has 8 nitrogen and oxygen atoms in total. The number of primary amides is 1. The van der Waals surface area contributed by atoms with E-state index in [2.05, 4.69) is 20.3 Å². The Balaban J connectivity index is 1.42. The van der Waals surface area contributed by atoms with E-state index in [1.54, 1.807) is 47.9 Å². The molecule has 0 saturated heterocycles. The third kappa shape index (κ3) is 4.42. The van der Waals surface area contributed by atoms with Crippen molar-refractivity contribution >= 4 is 28.9 Å². The van der Waals surface area contributed by atoms with Gasteiger partial charge in [0.2, 0.25) is 5.06 Å². The molecule has 1 aliphatic carbocycles. The highest BCUT2D eigenvalue weighted by molar-refractivity contribution is 7.14. The molecule has 0 bridgehead atoms. The Kier molecular flexibility index (Phi) is 5.24. The Morgan fingerprint density at radius 1 is 1.09 bits per heavy atom. The maximum absolute atomic E-state index is 11.4. The normalized spacial score (nSPS) is 13.0. The Morgan fingerprint density at radius 3 is 2.72 bits per heavy atom. The molecule has 0 unspecified atom stereocenters. The molecular weight excluding hydrogens is 424 g/mol. The van der Waals surface area contributed by atoms with Gasteiger partial charge in [0.25, 0.3) is 5.91 Å². The van der Waals surface area contributed by atoms with Crippen LogP contribution in [0, 0.1) is 6.92 Å². The molecule has 0 aliphatic heterocycles. The monoisotopic (exact) mass is 444 g/mol. The number of carbonyl (C=O) groups is 1. The van der Waals surface area contributed by atoms with Crippen LogP contribution in [0.2, 0.25) is 0 Å². The fraction of sp³-hybridized carbons (Fsp3) is 0.174. The molecule has 160 valence electrons. The highest BCUT2D eigenvalue weighted by Gasteiger charge is 2.29. The number of ether oxygens (including phenoxy) is 1. The predicted octanol–water partition coefficient (Wildman–Crippen LogP) is 4.82. The number of carbonyl (C=O) groups excluding carboxylic acids is 1. The van der Waals surface area contributed by atoms with Gasteiger partial charge < -0.3 is 15.8 Å². The zero-order valence-corrected chi connectivity index (χ0v) is 18.1. The summed E-state index contributed by atoms with van der Waals surface area (Å²) < 4.78 is 6.24. The summed E-state index contributed by atoms with van der Waals surface area (Å²) in [5.41, 5.74) is 7.96. The van der Waals surface area contributed by atoms with Gasteiger partial charge in [-0.1, -0.05) is 23.5 Å². The topological polar surface area (TPSA) is 116 Å². The molecule has 1 saturated carbocycles. The van der Waals surface area contributed by atoms with Crippen molar-refractivity contribution in [2.24, 2.45) is 5.73 Å². The van der Waals surface area contributed by atoms with Gasteiger partial charge >= 0.3 is 0 Å². The number of aromatic nitrogens is 4. The van der Waals surface area contributed by atoms with Crippen molar-refractivity contribution in [3.8, 4) is 22.2 Å². The zero-order chi connectivity index (χ0) is 22.1. The van der Waals surface area contributed by atoms with E-state index < -0.39 is 5.91 Å². The van der Waals surface area contributed by atoms with Crippen molar-refractivity contribution < 1.29 is 9.53 Å². The van der Waals surface area contributed by atoms with E-state index in [1.165, 1.54) is 0 Å². The van der Waals surface area contributed by atoms with Gasteiger partial charge in [0.05, 0.1) is 5.69 Å². The number of thiazole rings is 1. The molecule has 32 heavy (non-hydrogen) atoms. The van der Waals surface area contributed by atoms with Crippen LogP contribution in [0.25, 0.3) is 11.4 Å². The third-order valence-electron chi connectivity index (χ3n) is 4.87. The van der Waals surface area contributed by atoms with Crippen molar-refractivity contribution in [3.05, 3.63) is 71.1 Å². The lowest BCUT2D eigenvalue weighted by Crippen LogP contribution is -2.13. The number of amides is 1. The van der Waals surface area contributed by atoms with Gasteiger partial charge in [-0.25, -0.2) is 15.0 Å². The highest BCUT2D eigenvalue weighted by Crippen LogP contribution is 2.47. The number of rotatable bonds is 7. The fourth-order valence-corrected chi connectivity index (χ4v) is 4.27. The van der Waals surface area contributed by atoms with Crippen LogP contribution in [0.3, 0.4) is 0 Å². The number of pyridine rings is 3. The molecule has 4 aromatic heterocycles. The number of hydrogen-bond acceptors (Lipinski definition) is 8. The van der Waals surface area contributed by atoms with Crippen molar-refractivity contribution in [1.82, 2.24) is 19.9 Å². The van der Waals surface area contributed by atoms with Crippen molar-refractivity contribution in [2.45, 2.75) is 25.7 Å². The minimum atomic E-state index is -0.590. The summed E-state index contributed by atoms with van der Waals surface area (Å²) in [6.07, 6.45) is 3.96. The van der Waals surface area contributed by atoms with Crippen LogP contribution >= 0.6 is 11.3 Å². The minimum absolute atomic E-state index is 0.176. The number of nitrogens with two attached hydrogens (primary N) is 1. The Morgan fingerprint density at radius 2 is 1.94 bits per heavy atom. The van der Waals surface area contributed by atoms with Crippen LogP contribution in [0.1, 0.15) is 39.9 Å². The average molecular weight is 445 g/mol. The summed E-state index contributed by atoms with van der Waals surface area (Å²) >= 11 is 1.56. The van der Waals surface area contributed by atoms with Gasteiger partial charge in [0.15, 0.2) is 0 Å². The zero-order valence-electron chi connectivity index (χ0n) is 17.3. The molecule has 0 aromatic carbocycles. The van der Waals surface area contributed by atoms with Crippen LogP contribution in [0.5, 0.6) is 10.8 Å². The Bertz CT molecular complexity index is 1300. The fourth-order valence-electron chi connectivity index (χ4n) is 3.16. The summed E-state index contributed by atoms with van der Waals surface area (Å²) in [7, 11) is 0. The molecule has 3 N–H and O–H groups in total. The summed E-state index contributed by atoms with van der Waals surface area (Å²) in [4.78, 5) is 29.3. The van der Waals surface area contributed by atoms with Crippen LogP contribution in [-0.4, -0.2) is 25.8 Å². The summed E-state index contributed by atoms with van der Waals surface area (Å²) in [5, 5.41) is 4.86. The minimum Gasteiger partial charge on any atom is -0.444 e. The Labute approximate surface area is 188 Å². The van der Waals surface area contributed by atoms with E-state index in [1.807, 2.05) is 25.1 Å². The van der Waals surface area contributed by atoms with Gasteiger partial charge in [0.1, 0.15) is 33.8 Å². The SMILES string of the molecule is Cc1cccc(-c2nc(C3CC3)sc2Oc2ccnc(Nc3cccc(C(N)=O)n3)c2)n1. The lowest BCUT2D eigenvalue weighted by atomic mass is 10.2. The summed E-state index contributed by atoms with van der Waals surface area (Å²) in [6.45, 7) is 1.96. The number of hydrogen-bond donors (Lipinski definition) is 2. The number of anilines is 2. The molecular formula is C23H20N6O2S. The van der Waals surface area contributed by atoms with Gasteiger partial charge in [-0.05, 0) is 50.1 Å². The van der Waals surface area contributed by atoms with Crippen LogP contribution < -0.4 is 15.8 Å². The predicted molar refractivity (Wildman–Crippen MR) is 122 cm³/mol. The smallest absolute Gasteiger partial charge is 0.267 e. The Hall–Kier alpha value is -3.85. The first kappa shape index (κ1) is 20.1. The van der Waals surface area contributed by atoms with Crippen LogP contribution in [-0.2, 0) is 0 Å². The second kappa shape index (κ2) is 8.35. The lowest BCUT2D eigenvalue weighted by molar-refractivity contribution is 0.0995. The second-order valence-corrected chi connectivity index (χ2v) is 8.50. The van der Waals surface area contributed by atoms with E-state index in [0.717, 1.165) is 34.9 Å². The van der Waals surface area contributed by atoms with Crippen molar-refractivity contribution in [2.75, 3.05) is 5.32 Å². The van der Waals surface area contributed by atoms with Crippen LogP contribution in [0.15, 0.2) is 54.7 Å². The van der Waals surface area contributed by atoms with E-state index in [9.17, 15) is 4.79 Å². The average Bonchev–Trinajstić information content (AvgIpc) is 3.55. The number of aryl methyl sites for hydroxylation is 1. The lowest BCUT2D eigenvalue weighted by Gasteiger charge is -2.09. The summed E-state index contributed by atoms with van der Waals surface area (Å²) in [6, 6.07) is 14.4. The second-order valence-electron chi connectivity index (χ2n) is 7.50. The molecule has 4 heterocycles.